The Morgan fingerprint density at radius 3 is 2.45 bits per heavy atom. The van der Waals surface area contributed by atoms with Crippen LogP contribution in [0.3, 0.4) is 0 Å². The quantitative estimate of drug-likeness (QED) is 0.255. The molecule has 2 heterocycles. The van der Waals surface area contributed by atoms with Gasteiger partial charge >= 0.3 is 17.8 Å². The second-order valence-corrected chi connectivity index (χ2v) is 7.15. The summed E-state index contributed by atoms with van der Waals surface area (Å²) in [5.74, 6) is -4.03. The number of hydrogen-bond acceptors (Lipinski definition) is 10. The fraction of sp³-hybridized carbons (Fsp3) is 0.263. The molecular formula is C19H20N8O6. The van der Waals surface area contributed by atoms with E-state index in [1.165, 1.54) is 18.3 Å². The van der Waals surface area contributed by atoms with Gasteiger partial charge in [-0.05, 0) is 30.7 Å². The van der Waals surface area contributed by atoms with Gasteiger partial charge in [0.1, 0.15) is 6.04 Å². The van der Waals surface area contributed by atoms with Crippen LogP contribution in [0.2, 0.25) is 0 Å². The molecule has 1 aromatic rings. The Morgan fingerprint density at radius 1 is 1.12 bits per heavy atom. The van der Waals surface area contributed by atoms with E-state index in [4.69, 9.17) is 21.7 Å². The summed E-state index contributed by atoms with van der Waals surface area (Å²) in [6.45, 7) is 0.0432. The van der Waals surface area contributed by atoms with Crippen LogP contribution >= 0.6 is 0 Å². The monoisotopic (exact) mass is 456 g/mol. The number of fused-ring (bicyclic) bond motifs is 1. The number of benzene rings is 1. The highest BCUT2D eigenvalue weighted by Gasteiger charge is 2.33. The summed E-state index contributed by atoms with van der Waals surface area (Å²) in [6, 6.07) is 4.68. The van der Waals surface area contributed by atoms with Crippen LogP contribution in [0.4, 0.5) is 5.69 Å². The van der Waals surface area contributed by atoms with Crippen LogP contribution in [-0.2, 0) is 14.4 Å². The summed E-state index contributed by atoms with van der Waals surface area (Å²) in [7, 11) is 0. The van der Waals surface area contributed by atoms with Gasteiger partial charge in [-0.2, -0.15) is 9.98 Å². The van der Waals surface area contributed by atoms with Crippen molar-refractivity contribution in [3.63, 3.8) is 0 Å². The Hall–Kier alpha value is -4.46. The molecule has 172 valence electrons. The highest BCUT2D eigenvalue weighted by atomic mass is 16.4. The predicted octanol–water partition coefficient (Wildman–Crippen LogP) is -1.42. The van der Waals surface area contributed by atoms with Crippen molar-refractivity contribution in [3.05, 3.63) is 29.8 Å². The average molecular weight is 456 g/mol. The molecule has 2 aliphatic rings. The van der Waals surface area contributed by atoms with E-state index in [0.29, 0.717) is 5.69 Å². The van der Waals surface area contributed by atoms with E-state index >= 15 is 0 Å². The Balaban J connectivity index is 1.61. The van der Waals surface area contributed by atoms with E-state index in [0.717, 1.165) is 0 Å². The lowest BCUT2D eigenvalue weighted by Crippen LogP contribution is -2.51. The maximum atomic E-state index is 12.3. The topological polar surface area (TPSA) is 234 Å². The minimum Gasteiger partial charge on any atom is -0.481 e. The normalized spacial score (nSPS) is 20.0. The molecule has 1 aromatic carbocycles. The summed E-state index contributed by atoms with van der Waals surface area (Å²) < 4.78 is 0. The first-order valence-electron chi connectivity index (χ1n) is 9.57. The van der Waals surface area contributed by atoms with Gasteiger partial charge in [0.15, 0.2) is 17.2 Å². The van der Waals surface area contributed by atoms with Crippen LogP contribution in [0.15, 0.2) is 44.2 Å². The number of nitrogens with one attached hydrogen (secondary N) is 2. The number of nitrogens with two attached hydrogens (primary N) is 2. The SMILES string of the molecule is NC1=NC(=O)C2=NC(N)(CNc3ccc(C(=O)N[C@@H](CCC(=O)O)C(=O)O)cc3)C=NC2=N1. The zero-order chi connectivity index (χ0) is 24.2. The van der Waals surface area contributed by atoms with Crippen LogP contribution in [0.1, 0.15) is 23.2 Å². The summed E-state index contributed by atoms with van der Waals surface area (Å²) in [4.78, 5) is 61.7. The van der Waals surface area contributed by atoms with E-state index in [-0.39, 0.29) is 36.0 Å². The molecule has 0 spiro atoms. The van der Waals surface area contributed by atoms with Crippen molar-refractivity contribution in [2.45, 2.75) is 24.5 Å². The lowest BCUT2D eigenvalue weighted by Gasteiger charge is -2.26. The molecule has 3 rings (SSSR count). The van der Waals surface area contributed by atoms with Crippen LogP contribution < -0.4 is 22.1 Å². The molecular weight excluding hydrogens is 436 g/mol. The number of guanidine groups is 1. The molecule has 0 fully saturated rings. The van der Waals surface area contributed by atoms with Crippen molar-refractivity contribution in [1.29, 1.82) is 0 Å². The van der Waals surface area contributed by atoms with Gasteiger partial charge in [-0.15, -0.1) is 0 Å². The molecule has 1 unspecified atom stereocenters. The third kappa shape index (κ3) is 5.82. The number of carboxylic acids is 2. The molecule has 8 N–H and O–H groups in total. The van der Waals surface area contributed by atoms with Crippen LogP contribution in [0.25, 0.3) is 0 Å². The minimum absolute atomic E-state index is 0.0342. The molecule has 14 nitrogen and oxygen atoms in total. The van der Waals surface area contributed by atoms with Crippen molar-refractivity contribution in [2.75, 3.05) is 11.9 Å². The number of hydrogen-bond donors (Lipinski definition) is 6. The fourth-order valence-electron chi connectivity index (χ4n) is 2.87. The van der Waals surface area contributed by atoms with E-state index in [1.807, 2.05) is 0 Å². The van der Waals surface area contributed by atoms with Crippen molar-refractivity contribution >= 4 is 53.2 Å². The average Bonchev–Trinajstić information content (AvgIpc) is 2.76. The summed E-state index contributed by atoms with van der Waals surface area (Å²) in [6.07, 6.45) is 0.678. The van der Waals surface area contributed by atoms with Gasteiger partial charge in [0, 0.05) is 17.7 Å². The summed E-state index contributed by atoms with van der Waals surface area (Å²) in [5.41, 5.74) is 10.9. The zero-order valence-electron chi connectivity index (χ0n) is 17.1. The lowest BCUT2D eigenvalue weighted by molar-refractivity contribution is -0.140. The first kappa shape index (κ1) is 23.2. The highest BCUT2D eigenvalue weighted by molar-refractivity contribution is 6.70. The zero-order valence-corrected chi connectivity index (χ0v) is 17.1. The number of carbonyl (C=O) groups excluding carboxylic acids is 2. The lowest BCUT2D eigenvalue weighted by atomic mass is 10.1. The first-order valence-corrected chi connectivity index (χ1v) is 9.57. The molecule has 0 saturated heterocycles. The molecule has 33 heavy (non-hydrogen) atoms. The predicted molar refractivity (Wildman–Crippen MR) is 118 cm³/mol. The smallest absolute Gasteiger partial charge is 0.326 e. The maximum absolute atomic E-state index is 12.3. The Morgan fingerprint density at radius 2 is 1.82 bits per heavy atom. The summed E-state index contributed by atoms with van der Waals surface area (Å²) >= 11 is 0. The highest BCUT2D eigenvalue weighted by Crippen LogP contribution is 2.15. The molecule has 0 bridgehead atoms. The van der Waals surface area contributed by atoms with E-state index in [1.54, 1.807) is 12.1 Å². The number of carboxylic acid groups (broad SMARTS) is 2. The Bertz CT molecular complexity index is 1120. The molecule has 0 aliphatic carbocycles. The number of nitrogens with zero attached hydrogens (tertiary/aromatic N) is 4. The second kappa shape index (κ2) is 9.35. The summed E-state index contributed by atoms with van der Waals surface area (Å²) in [5, 5.41) is 23.1. The number of anilines is 1. The van der Waals surface area contributed by atoms with Crippen molar-refractivity contribution in [2.24, 2.45) is 31.4 Å². The first-order chi connectivity index (χ1) is 15.6. The molecule has 2 amide bonds. The van der Waals surface area contributed by atoms with Gasteiger partial charge in [-0.3, -0.25) is 14.4 Å². The Labute approximate surface area is 186 Å². The number of amidine groups is 1. The molecule has 0 aromatic heterocycles. The van der Waals surface area contributed by atoms with Crippen molar-refractivity contribution < 1.29 is 29.4 Å². The van der Waals surface area contributed by atoms with Gasteiger partial charge in [0.25, 0.3) is 5.91 Å². The molecule has 2 atom stereocenters. The second-order valence-electron chi connectivity index (χ2n) is 7.15. The largest absolute Gasteiger partial charge is 0.481 e. The molecule has 2 aliphatic heterocycles. The third-order valence-electron chi connectivity index (χ3n) is 4.55. The fourth-order valence-corrected chi connectivity index (χ4v) is 2.87. The van der Waals surface area contributed by atoms with Crippen molar-refractivity contribution in [3.8, 4) is 0 Å². The van der Waals surface area contributed by atoms with Crippen LogP contribution in [0.5, 0.6) is 0 Å². The number of aliphatic imine (C=N–C) groups is 4. The van der Waals surface area contributed by atoms with Gasteiger partial charge < -0.3 is 32.3 Å². The number of amides is 2. The minimum atomic E-state index is -1.36. The number of carbonyl (C=O) groups is 4. The number of rotatable bonds is 9. The van der Waals surface area contributed by atoms with Gasteiger partial charge in [-0.25, -0.2) is 14.8 Å². The maximum Gasteiger partial charge on any atom is 0.326 e. The third-order valence-corrected chi connectivity index (χ3v) is 4.55. The van der Waals surface area contributed by atoms with E-state index < -0.39 is 41.9 Å². The standard InChI is InChI=1S/C19H20N8O6/c20-18-25-14-13(16(31)26-18)27-19(21,8-23-14)7-22-10-3-1-9(2-4-10)15(30)24-11(17(32)33)5-6-12(28)29/h1-4,8,11,22H,5-7,21H2,(H,24,30)(H,28,29)(H,32,33)(H2,20,26,31)/t11-,19?/m0/s1. The van der Waals surface area contributed by atoms with Gasteiger partial charge in [-0.1, -0.05) is 0 Å². The van der Waals surface area contributed by atoms with Crippen molar-refractivity contribution in [1.82, 2.24) is 5.32 Å². The molecule has 0 saturated carbocycles. The van der Waals surface area contributed by atoms with Crippen LogP contribution in [-0.4, -0.2) is 75.9 Å². The molecule has 14 heteroatoms. The van der Waals surface area contributed by atoms with Gasteiger partial charge in [0.2, 0.25) is 5.96 Å². The van der Waals surface area contributed by atoms with E-state index in [9.17, 15) is 19.2 Å². The number of aliphatic carboxylic acids is 2. The van der Waals surface area contributed by atoms with E-state index in [2.05, 4.69) is 30.6 Å². The Kier molecular flexibility index (Phi) is 6.58. The van der Waals surface area contributed by atoms with Gasteiger partial charge in [0.05, 0.1) is 12.8 Å². The molecule has 0 radical (unpaired) electrons. The van der Waals surface area contributed by atoms with Crippen LogP contribution in [0, 0.1) is 0 Å².